The van der Waals surface area contributed by atoms with Crippen LogP contribution in [0.25, 0.3) is 10.8 Å². The summed E-state index contributed by atoms with van der Waals surface area (Å²) in [6.45, 7) is 6.59. The van der Waals surface area contributed by atoms with Crippen molar-refractivity contribution in [1.29, 1.82) is 0 Å². The van der Waals surface area contributed by atoms with E-state index in [1.54, 1.807) is 6.26 Å². The molecule has 17 heavy (non-hydrogen) atoms. The molecule has 0 fully saturated rings. The molecule has 1 aliphatic heterocycles. The van der Waals surface area contributed by atoms with Gasteiger partial charge in [0.2, 0.25) is 15.1 Å². The van der Waals surface area contributed by atoms with Gasteiger partial charge in [-0.25, -0.2) is 0 Å². The van der Waals surface area contributed by atoms with Crippen LogP contribution in [0.2, 0.25) is 19.6 Å². The van der Waals surface area contributed by atoms with Crippen molar-refractivity contribution in [3.8, 4) is 17.4 Å². The van der Waals surface area contributed by atoms with E-state index in [2.05, 4.69) is 19.6 Å². The Morgan fingerprint density at radius 3 is 2.76 bits per heavy atom. The lowest BCUT2D eigenvalue weighted by Gasteiger charge is -2.16. The van der Waals surface area contributed by atoms with E-state index in [0.717, 1.165) is 22.3 Å². The SMILES string of the molecule is C[Si](C)(C)Oc1occ2ccc3c(c12)OCO3. The van der Waals surface area contributed by atoms with Gasteiger partial charge < -0.3 is 18.3 Å². The van der Waals surface area contributed by atoms with Crippen molar-refractivity contribution in [3.63, 3.8) is 0 Å². The van der Waals surface area contributed by atoms with Gasteiger partial charge >= 0.3 is 0 Å². The highest BCUT2D eigenvalue weighted by molar-refractivity contribution is 6.70. The highest BCUT2D eigenvalue weighted by Crippen LogP contribution is 2.44. The van der Waals surface area contributed by atoms with Crippen LogP contribution in [0.1, 0.15) is 0 Å². The predicted octanol–water partition coefficient (Wildman–Crippen LogP) is 3.38. The maximum Gasteiger partial charge on any atom is 0.282 e. The number of rotatable bonds is 2. The molecule has 0 aliphatic carbocycles. The summed E-state index contributed by atoms with van der Waals surface area (Å²) < 4.78 is 22.2. The third kappa shape index (κ3) is 1.76. The average Bonchev–Trinajstić information content (AvgIpc) is 2.80. The Morgan fingerprint density at radius 1 is 1.18 bits per heavy atom. The van der Waals surface area contributed by atoms with E-state index >= 15 is 0 Å². The van der Waals surface area contributed by atoms with Crippen LogP contribution in [0.5, 0.6) is 17.4 Å². The first-order chi connectivity index (χ1) is 8.04. The van der Waals surface area contributed by atoms with Crippen LogP contribution in [0.15, 0.2) is 22.8 Å². The predicted molar refractivity (Wildman–Crippen MR) is 66.3 cm³/mol. The summed E-state index contributed by atoms with van der Waals surface area (Å²) in [5.74, 6) is 2.02. The number of ether oxygens (including phenoxy) is 2. The molecule has 0 radical (unpaired) electrons. The van der Waals surface area contributed by atoms with Crippen molar-refractivity contribution >= 4 is 19.1 Å². The first-order valence-corrected chi connectivity index (χ1v) is 8.94. The maximum absolute atomic E-state index is 5.92. The van der Waals surface area contributed by atoms with E-state index in [1.807, 2.05) is 12.1 Å². The molecule has 2 heterocycles. The van der Waals surface area contributed by atoms with Gasteiger partial charge in [0.15, 0.2) is 11.5 Å². The van der Waals surface area contributed by atoms with E-state index in [4.69, 9.17) is 18.3 Å². The summed E-state index contributed by atoms with van der Waals surface area (Å²) in [6, 6.07) is 3.84. The van der Waals surface area contributed by atoms with Gasteiger partial charge in [-0.2, -0.15) is 0 Å². The molecular formula is C12H14O4Si. The summed E-state index contributed by atoms with van der Waals surface area (Å²) in [5, 5.41) is 1.85. The Morgan fingerprint density at radius 2 is 2.00 bits per heavy atom. The van der Waals surface area contributed by atoms with Gasteiger partial charge in [0.05, 0.1) is 0 Å². The lowest BCUT2D eigenvalue weighted by molar-refractivity contribution is 0.174. The second-order valence-corrected chi connectivity index (χ2v) is 9.43. The monoisotopic (exact) mass is 250 g/mol. The summed E-state index contributed by atoms with van der Waals surface area (Å²) in [4.78, 5) is 0. The second kappa shape index (κ2) is 3.43. The van der Waals surface area contributed by atoms with E-state index in [0.29, 0.717) is 5.95 Å². The number of furan rings is 1. The molecule has 3 rings (SSSR count). The zero-order valence-corrected chi connectivity index (χ0v) is 11.1. The minimum Gasteiger partial charge on any atom is -0.519 e. The fourth-order valence-corrected chi connectivity index (χ4v) is 2.53. The highest BCUT2D eigenvalue weighted by atomic mass is 28.4. The molecule has 0 amide bonds. The van der Waals surface area contributed by atoms with Crippen LogP contribution in [0.3, 0.4) is 0 Å². The third-order valence-electron chi connectivity index (χ3n) is 2.47. The van der Waals surface area contributed by atoms with Crippen molar-refractivity contribution < 1.29 is 18.3 Å². The molecule has 0 atom stereocenters. The topological polar surface area (TPSA) is 40.8 Å². The van der Waals surface area contributed by atoms with Crippen LogP contribution < -0.4 is 13.9 Å². The molecule has 0 unspecified atom stereocenters. The van der Waals surface area contributed by atoms with Gasteiger partial charge in [-0.3, -0.25) is 0 Å². The Hall–Kier alpha value is -1.62. The number of hydrogen-bond donors (Lipinski definition) is 0. The van der Waals surface area contributed by atoms with Crippen LogP contribution in [0.4, 0.5) is 0 Å². The lowest BCUT2D eigenvalue weighted by Crippen LogP contribution is -2.29. The largest absolute Gasteiger partial charge is 0.519 e. The molecule has 5 heteroatoms. The van der Waals surface area contributed by atoms with E-state index in [1.165, 1.54) is 0 Å². The first-order valence-electron chi connectivity index (χ1n) is 5.53. The summed E-state index contributed by atoms with van der Waals surface area (Å²) >= 11 is 0. The van der Waals surface area contributed by atoms with Gasteiger partial charge in [-0.1, -0.05) is 0 Å². The van der Waals surface area contributed by atoms with Crippen molar-refractivity contribution in [2.75, 3.05) is 6.79 Å². The molecule has 2 aromatic rings. The molecular weight excluding hydrogens is 236 g/mol. The summed E-state index contributed by atoms with van der Waals surface area (Å²) in [5.41, 5.74) is 0. The minimum absolute atomic E-state index is 0.256. The number of fused-ring (bicyclic) bond motifs is 3. The molecule has 90 valence electrons. The van der Waals surface area contributed by atoms with Crippen LogP contribution in [-0.2, 0) is 0 Å². The summed E-state index contributed by atoms with van der Waals surface area (Å²) in [6.07, 6.45) is 1.69. The van der Waals surface area contributed by atoms with Gasteiger partial charge in [0.1, 0.15) is 11.6 Å². The molecule has 0 saturated carbocycles. The third-order valence-corrected chi connectivity index (χ3v) is 3.27. The van der Waals surface area contributed by atoms with E-state index in [9.17, 15) is 0 Å². The first kappa shape index (κ1) is 10.5. The molecule has 0 N–H and O–H groups in total. The Kier molecular flexibility index (Phi) is 2.13. The number of benzene rings is 1. The molecule has 1 aliphatic rings. The van der Waals surface area contributed by atoms with Gasteiger partial charge in [0, 0.05) is 5.39 Å². The van der Waals surface area contributed by atoms with E-state index < -0.39 is 8.32 Å². The Labute approximate surface area is 100 Å². The second-order valence-electron chi connectivity index (χ2n) is 5.00. The van der Waals surface area contributed by atoms with Crippen molar-refractivity contribution in [2.24, 2.45) is 0 Å². The molecule has 4 nitrogen and oxygen atoms in total. The summed E-state index contributed by atoms with van der Waals surface area (Å²) in [7, 11) is -1.70. The van der Waals surface area contributed by atoms with Crippen LogP contribution >= 0.6 is 0 Å². The van der Waals surface area contributed by atoms with Crippen molar-refractivity contribution in [3.05, 3.63) is 18.4 Å². The maximum atomic E-state index is 5.92. The van der Waals surface area contributed by atoms with Crippen molar-refractivity contribution in [2.45, 2.75) is 19.6 Å². The fraction of sp³-hybridized carbons (Fsp3) is 0.333. The lowest BCUT2D eigenvalue weighted by atomic mass is 10.2. The van der Waals surface area contributed by atoms with Gasteiger partial charge in [-0.05, 0) is 31.8 Å². The van der Waals surface area contributed by atoms with Gasteiger partial charge in [0.25, 0.3) is 5.95 Å². The van der Waals surface area contributed by atoms with Gasteiger partial charge in [-0.15, -0.1) is 0 Å². The zero-order chi connectivity index (χ0) is 12.0. The standard InChI is InChI=1S/C12H14O4Si/c1-17(2,3)16-12-10-8(6-13-12)4-5-9-11(10)15-7-14-9/h4-6H,7H2,1-3H3. The van der Waals surface area contributed by atoms with Crippen LogP contribution in [0, 0.1) is 0 Å². The molecule has 0 spiro atoms. The Bertz CT molecular complexity index is 568. The average molecular weight is 250 g/mol. The highest BCUT2D eigenvalue weighted by Gasteiger charge is 2.25. The normalized spacial score (nSPS) is 14.3. The fourth-order valence-electron chi connectivity index (χ4n) is 1.83. The zero-order valence-electron chi connectivity index (χ0n) is 10.1. The molecule has 0 saturated heterocycles. The molecule has 1 aromatic carbocycles. The van der Waals surface area contributed by atoms with Crippen molar-refractivity contribution in [1.82, 2.24) is 0 Å². The molecule has 0 bridgehead atoms. The minimum atomic E-state index is -1.70. The Balaban J connectivity index is 2.17. The number of hydrogen-bond acceptors (Lipinski definition) is 4. The smallest absolute Gasteiger partial charge is 0.282 e. The quantitative estimate of drug-likeness (QED) is 0.766. The van der Waals surface area contributed by atoms with Crippen LogP contribution in [-0.4, -0.2) is 15.1 Å². The van der Waals surface area contributed by atoms with E-state index in [-0.39, 0.29) is 6.79 Å². The molecule has 1 aromatic heterocycles.